The second-order valence-corrected chi connectivity index (χ2v) is 4.88. The highest BCUT2D eigenvalue weighted by molar-refractivity contribution is 6.22. The van der Waals surface area contributed by atoms with Gasteiger partial charge in [-0.2, -0.15) is 0 Å². The van der Waals surface area contributed by atoms with Crippen molar-refractivity contribution in [3.63, 3.8) is 0 Å². The van der Waals surface area contributed by atoms with Gasteiger partial charge in [0.05, 0.1) is 5.70 Å². The zero-order chi connectivity index (χ0) is 13.6. The molecule has 0 amide bonds. The normalized spacial score (nSPS) is 24.1. The van der Waals surface area contributed by atoms with Crippen LogP contribution in [0.3, 0.4) is 0 Å². The molecule has 0 atom stereocenters. The molecule has 3 aliphatic heterocycles. The van der Waals surface area contributed by atoms with Crippen LogP contribution < -0.4 is 5.90 Å². The van der Waals surface area contributed by atoms with Crippen molar-refractivity contribution < 1.29 is 15.5 Å². The molecule has 0 radical (unpaired) electrons. The lowest BCUT2D eigenvalue weighted by molar-refractivity contribution is -0.275. The molecule has 19 heavy (non-hydrogen) atoms. The third kappa shape index (κ3) is 2.11. The summed E-state index contributed by atoms with van der Waals surface area (Å²) in [5.74, 6) is 2.05. The molecule has 7 heteroatoms. The van der Waals surface area contributed by atoms with Crippen molar-refractivity contribution in [2.75, 3.05) is 39.3 Å². The lowest BCUT2D eigenvalue weighted by Crippen LogP contribution is -2.37. The zero-order valence-corrected chi connectivity index (χ0v) is 10.6. The minimum atomic E-state index is 0.00546. The van der Waals surface area contributed by atoms with E-state index >= 15 is 0 Å². The van der Waals surface area contributed by atoms with Gasteiger partial charge in [-0.05, 0) is 0 Å². The summed E-state index contributed by atoms with van der Waals surface area (Å²) in [4.78, 5) is 30.5. The van der Waals surface area contributed by atoms with Gasteiger partial charge >= 0.3 is 0 Å². The van der Waals surface area contributed by atoms with Crippen molar-refractivity contribution in [2.24, 2.45) is 0 Å². The van der Waals surface area contributed by atoms with E-state index in [9.17, 15) is 9.59 Å². The maximum atomic E-state index is 12.4. The summed E-state index contributed by atoms with van der Waals surface area (Å²) >= 11 is 0. The Kier molecular flexibility index (Phi) is 2.79. The van der Waals surface area contributed by atoms with E-state index in [0.717, 1.165) is 39.3 Å². The molecule has 0 bridgehead atoms. The largest absolute Gasteiger partial charge is 0.637 e. The van der Waals surface area contributed by atoms with Crippen LogP contribution in [0.4, 0.5) is 0 Å². The van der Waals surface area contributed by atoms with Crippen molar-refractivity contribution in [1.82, 2.24) is 14.7 Å². The lowest BCUT2D eigenvalue weighted by atomic mass is 10.0. The Labute approximate surface area is 110 Å². The smallest absolute Gasteiger partial charge is 0.227 e. The monoisotopic (exact) mass is 264 g/mol. The van der Waals surface area contributed by atoms with Crippen molar-refractivity contribution >= 4 is 11.6 Å². The topological polar surface area (TPSA) is 93.9 Å². The van der Waals surface area contributed by atoms with Gasteiger partial charge in [0.2, 0.25) is 11.6 Å². The quantitative estimate of drug-likeness (QED) is 0.357. The van der Waals surface area contributed by atoms with E-state index < -0.39 is 0 Å². The average molecular weight is 264 g/mol. The molecular weight excluding hydrogens is 248 g/mol. The van der Waals surface area contributed by atoms with E-state index in [0.29, 0.717) is 17.1 Å². The van der Waals surface area contributed by atoms with E-state index in [1.54, 1.807) is 0 Å². The van der Waals surface area contributed by atoms with Crippen molar-refractivity contribution in [2.45, 2.75) is 0 Å². The Morgan fingerprint density at radius 3 is 1.79 bits per heavy atom. The van der Waals surface area contributed by atoms with E-state index in [2.05, 4.69) is 0 Å². The van der Waals surface area contributed by atoms with Crippen molar-refractivity contribution in [3.8, 4) is 0 Å². The average Bonchev–Trinajstić information content (AvgIpc) is 3.30. The lowest BCUT2D eigenvalue weighted by Gasteiger charge is -2.21. The van der Waals surface area contributed by atoms with Crippen LogP contribution in [0.25, 0.3) is 0 Å². The predicted octanol–water partition coefficient (Wildman–Crippen LogP) is -2.09. The number of hydrogen-bond donors (Lipinski definition) is 1. The number of quaternary nitrogens is 1. The Morgan fingerprint density at radius 2 is 1.32 bits per heavy atom. The Morgan fingerprint density at radius 1 is 0.842 bits per heavy atom. The van der Waals surface area contributed by atoms with E-state index in [1.807, 2.05) is 20.6 Å². The molecule has 0 spiro atoms. The Balaban J connectivity index is 0.000000528. The van der Waals surface area contributed by atoms with Crippen molar-refractivity contribution in [3.05, 3.63) is 28.4 Å². The van der Waals surface area contributed by atoms with Crippen LogP contribution in [0.15, 0.2) is 23.2 Å². The number of rotatable bonds is 3. The molecule has 3 N–H and O–H groups in total. The Bertz CT molecular complexity index is 499. The van der Waals surface area contributed by atoms with Crippen LogP contribution in [0, 0.1) is 5.21 Å². The van der Waals surface area contributed by atoms with Crippen LogP contribution in [0.1, 0.15) is 0 Å². The van der Waals surface area contributed by atoms with Crippen LogP contribution in [-0.4, -0.2) is 65.5 Å². The summed E-state index contributed by atoms with van der Waals surface area (Å²) in [5, 5.41) is 8.00. The van der Waals surface area contributed by atoms with Gasteiger partial charge in [-0.25, -0.2) is 0 Å². The second-order valence-electron chi connectivity index (χ2n) is 4.88. The molecule has 0 saturated carbocycles. The first-order chi connectivity index (χ1) is 9.25. The molecule has 3 heterocycles. The molecule has 4 rings (SSSR count). The van der Waals surface area contributed by atoms with E-state index in [4.69, 9.17) is 5.21 Å². The maximum Gasteiger partial charge on any atom is 0.227 e. The Hall–Kier alpha value is -1.86. The minimum Gasteiger partial charge on any atom is -0.637 e. The van der Waals surface area contributed by atoms with E-state index in [1.165, 1.54) is 6.08 Å². The first-order valence-corrected chi connectivity index (χ1v) is 6.34. The molecule has 0 unspecified atom stereocenters. The minimum absolute atomic E-state index is 0.00546. The number of nitrogens with zero attached hydrogens (tertiary/aromatic N) is 3. The molecule has 3 saturated heterocycles. The molecule has 3 fully saturated rings. The van der Waals surface area contributed by atoms with Crippen LogP contribution >= 0.6 is 0 Å². The second kappa shape index (κ2) is 4.36. The van der Waals surface area contributed by atoms with Crippen LogP contribution in [0.2, 0.25) is 0 Å². The maximum absolute atomic E-state index is 12.4. The highest BCUT2D eigenvalue weighted by atomic mass is 16.4. The molecule has 1 aliphatic carbocycles. The van der Waals surface area contributed by atoms with E-state index in [-0.39, 0.29) is 11.6 Å². The number of carbonyl (C=O) groups is 2. The molecule has 4 aliphatic rings. The van der Waals surface area contributed by atoms with Gasteiger partial charge in [0.25, 0.3) is 0 Å². The number of ketones is 2. The summed E-state index contributed by atoms with van der Waals surface area (Å²) in [7, 11) is 0. The summed E-state index contributed by atoms with van der Waals surface area (Å²) in [5.41, 5.74) is 1.89. The first-order valence-electron chi connectivity index (χ1n) is 6.34. The standard InChI is InChI=1S/C12H13N3O2.H3NO/c16-9-7-8(13-1-2-13)12(17)11(15-5-6-15)10(9)14-3-4-14;1-2/h7H,1-6H2;1H3. The molecule has 102 valence electrons. The number of carbonyl (C=O) groups excluding carboxylic acids is 2. The van der Waals surface area contributed by atoms with Crippen molar-refractivity contribution in [1.29, 1.82) is 0 Å². The molecule has 0 aromatic carbocycles. The van der Waals surface area contributed by atoms with Gasteiger partial charge in [-0.3, -0.25) is 9.59 Å². The third-order valence-corrected chi connectivity index (χ3v) is 3.49. The van der Waals surface area contributed by atoms with Crippen LogP contribution in [0.5, 0.6) is 0 Å². The third-order valence-electron chi connectivity index (χ3n) is 3.49. The van der Waals surface area contributed by atoms with Gasteiger partial charge < -0.3 is 25.8 Å². The highest BCUT2D eigenvalue weighted by Crippen LogP contribution is 2.33. The fourth-order valence-corrected chi connectivity index (χ4v) is 2.28. The van der Waals surface area contributed by atoms with Gasteiger partial charge in [0.1, 0.15) is 11.4 Å². The fraction of sp³-hybridized carbons (Fsp3) is 0.500. The fourth-order valence-electron chi connectivity index (χ4n) is 2.28. The zero-order valence-electron chi connectivity index (χ0n) is 10.6. The predicted molar refractivity (Wildman–Crippen MR) is 66.1 cm³/mol. The van der Waals surface area contributed by atoms with Gasteiger partial charge in [0, 0.05) is 45.3 Å². The van der Waals surface area contributed by atoms with Crippen LogP contribution in [-0.2, 0) is 9.59 Å². The molecule has 7 nitrogen and oxygen atoms in total. The molecule has 0 aromatic rings. The number of hydrogen-bond acceptors (Lipinski definition) is 6. The van der Waals surface area contributed by atoms with Gasteiger partial charge in [0.15, 0.2) is 0 Å². The summed E-state index contributed by atoms with van der Waals surface area (Å²) in [6.07, 6.45) is 1.52. The number of Topliss-reactive ketones (excluding diaryl/α,β-unsaturated/α-hetero) is 1. The highest BCUT2D eigenvalue weighted by Gasteiger charge is 2.43. The summed E-state index contributed by atoms with van der Waals surface area (Å²) < 4.78 is 0. The number of allylic oxidation sites excluding steroid dienone is 1. The first kappa shape index (κ1) is 12.2. The molecule has 0 aromatic heterocycles. The summed E-state index contributed by atoms with van der Waals surface area (Å²) in [6.45, 7) is 5.41. The SMILES string of the molecule is O=C1C=C(N2CC2)C(=O)C(N2CC2)=C1N1CC1.[NH3+][O-]. The van der Waals surface area contributed by atoms with Gasteiger partial charge in [-0.15, -0.1) is 0 Å². The summed E-state index contributed by atoms with van der Waals surface area (Å²) in [6, 6.07) is 0. The molecular formula is C12H16N4O3. The van der Waals surface area contributed by atoms with Gasteiger partial charge in [-0.1, -0.05) is 0 Å².